The lowest BCUT2D eigenvalue weighted by Gasteiger charge is -2.12. The van der Waals surface area contributed by atoms with Gasteiger partial charge in [0.1, 0.15) is 6.04 Å². The Hall–Kier alpha value is -1.75. The van der Waals surface area contributed by atoms with Crippen molar-refractivity contribution in [2.24, 2.45) is 0 Å². The lowest BCUT2D eigenvalue weighted by atomic mass is 10.2. The van der Waals surface area contributed by atoms with Gasteiger partial charge in [-0.2, -0.15) is 0 Å². The number of ether oxygens (including phenoxy) is 2. The van der Waals surface area contributed by atoms with E-state index in [0.717, 1.165) is 5.56 Å². The SMILES string of the molecule is COc1ccc(CN[C@H](C)C(=O)O)cc1OC. The number of nitrogens with one attached hydrogen (secondary N) is 1. The van der Waals surface area contributed by atoms with Crippen LogP contribution in [0.15, 0.2) is 18.2 Å². The van der Waals surface area contributed by atoms with Crippen LogP contribution in [0, 0.1) is 0 Å². The summed E-state index contributed by atoms with van der Waals surface area (Å²) in [6, 6.07) is 4.90. The Balaban J connectivity index is 2.69. The van der Waals surface area contributed by atoms with E-state index in [0.29, 0.717) is 18.0 Å². The molecular weight excluding hydrogens is 222 g/mol. The molecule has 0 fully saturated rings. The molecule has 0 bridgehead atoms. The van der Waals surface area contributed by atoms with Gasteiger partial charge in [-0.3, -0.25) is 4.79 Å². The van der Waals surface area contributed by atoms with Crippen molar-refractivity contribution in [2.45, 2.75) is 19.5 Å². The molecule has 0 amide bonds. The molecule has 0 unspecified atom stereocenters. The van der Waals surface area contributed by atoms with Crippen molar-refractivity contribution >= 4 is 5.97 Å². The van der Waals surface area contributed by atoms with E-state index in [-0.39, 0.29) is 0 Å². The molecule has 0 aliphatic heterocycles. The molecule has 1 aromatic carbocycles. The Morgan fingerprint density at radius 2 is 2.00 bits per heavy atom. The summed E-state index contributed by atoms with van der Waals surface area (Å²) in [4.78, 5) is 10.6. The molecule has 0 aliphatic rings. The first-order valence-corrected chi connectivity index (χ1v) is 5.25. The number of carbonyl (C=O) groups is 1. The fourth-order valence-corrected chi connectivity index (χ4v) is 1.35. The van der Waals surface area contributed by atoms with Crippen molar-refractivity contribution in [3.8, 4) is 11.5 Å². The second-order valence-corrected chi connectivity index (χ2v) is 3.63. The van der Waals surface area contributed by atoms with Crippen LogP contribution in [0.3, 0.4) is 0 Å². The smallest absolute Gasteiger partial charge is 0.320 e. The third-order valence-corrected chi connectivity index (χ3v) is 2.43. The number of rotatable bonds is 6. The Kier molecular flexibility index (Phi) is 4.78. The summed E-state index contributed by atoms with van der Waals surface area (Å²) in [6.45, 7) is 2.07. The molecule has 1 aromatic rings. The topological polar surface area (TPSA) is 67.8 Å². The van der Waals surface area contributed by atoms with Gasteiger partial charge in [0.25, 0.3) is 0 Å². The molecule has 5 heteroatoms. The van der Waals surface area contributed by atoms with Gasteiger partial charge in [0, 0.05) is 6.54 Å². The maximum absolute atomic E-state index is 10.6. The molecule has 0 radical (unpaired) electrons. The first kappa shape index (κ1) is 13.3. The number of hydrogen-bond donors (Lipinski definition) is 2. The minimum atomic E-state index is -0.870. The highest BCUT2D eigenvalue weighted by Gasteiger charge is 2.10. The number of carboxylic acids is 1. The molecule has 5 nitrogen and oxygen atoms in total. The van der Waals surface area contributed by atoms with Crippen molar-refractivity contribution in [2.75, 3.05) is 14.2 Å². The number of benzene rings is 1. The van der Waals surface area contributed by atoms with Gasteiger partial charge in [0.2, 0.25) is 0 Å². The molecular formula is C12H17NO4. The first-order valence-electron chi connectivity index (χ1n) is 5.25. The van der Waals surface area contributed by atoms with Crippen LogP contribution in [0.4, 0.5) is 0 Å². The van der Waals surface area contributed by atoms with E-state index in [1.54, 1.807) is 27.2 Å². The van der Waals surface area contributed by atoms with E-state index >= 15 is 0 Å². The van der Waals surface area contributed by atoms with Crippen LogP contribution < -0.4 is 14.8 Å². The predicted molar refractivity (Wildman–Crippen MR) is 63.5 cm³/mol. The molecule has 0 heterocycles. The average molecular weight is 239 g/mol. The van der Waals surface area contributed by atoms with Gasteiger partial charge < -0.3 is 19.9 Å². The second kappa shape index (κ2) is 6.10. The van der Waals surface area contributed by atoms with Crippen molar-refractivity contribution in [3.63, 3.8) is 0 Å². The largest absolute Gasteiger partial charge is 0.493 e. The molecule has 0 spiro atoms. The van der Waals surface area contributed by atoms with Gasteiger partial charge >= 0.3 is 5.97 Å². The van der Waals surface area contributed by atoms with Crippen LogP contribution in [0.2, 0.25) is 0 Å². The van der Waals surface area contributed by atoms with Crippen LogP contribution in [0.25, 0.3) is 0 Å². The lowest BCUT2D eigenvalue weighted by Crippen LogP contribution is -2.33. The van der Waals surface area contributed by atoms with Gasteiger partial charge in [-0.15, -0.1) is 0 Å². The number of carboxylic acid groups (broad SMARTS) is 1. The normalized spacial score (nSPS) is 11.9. The van der Waals surface area contributed by atoms with Gasteiger partial charge in [0.05, 0.1) is 14.2 Å². The summed E-state index contributed by atoms with van der Waals surface area (Å²) in [5, 5.41) is 11.6. The summed E-state index contributed by atoms with van der Waals surface area (Å²) in [5.41, 5.74) is 0.941. The average Bonchev–Trinajstić information content (AvgIpc) is 2.35. The molecule has 0 aromatic heterocycles. The van der Waals surface area contributed by atoms with Crippen LogP contribution >= 0.6 is 0 Å². The van der Waals surface area contributed by atoms with Gasteiger partial charge in [-0.1, -0.05) is 6.07 Å². The van der Waals surface area contributed by atoms with E-state index < -0.39 is 12.0 Å². The Morgan fingerprint density at radius 3 is 2.53 bits per heavy atom. The molecule has 1 atom stereocenters. The first-order chi connectivity index (χ1) is 8.08. The highest BCUT2D eigenvalue weighted by atomic mass is 16.5. The van der Waals surface area contributed by atoms with Crippen LogP contribution in [0.5, 0.6) is 11.5 Å². The summed E-state index contributed by atoms with van der Waals surface area (Å²) >= 11 is 0. The number of methoxy groups -OCH3 is 2. The molecule has 2 N–H and O–H groups in total. The maximum Gasteiger partial charge on any atom is 0.320 e. The maximum atomic E-state index is 10.6. The summed E-state index contributed by atoms with van der Waals surface area (Å²) in [7, 11) is 3.14. The van der Waals surface area contributed by atoms with Crippen LogP contribution in [-0.4, -0.2) is 31.3 Å². The van der Waals surface area contributed by atoms with Crippen molar-refractivity contribution in [3.05, 3.63) is 23.8 Å². The molecule has 0 aliphatic carbocycles. The van der Waals surface area contributed by atoms with E-state index in [1.807, 2.05) is 12.1 Å². The van der Waals surface area contributed by atoms with Crippen molar-refractivity contribution in [1.29, 1.82) is 0 Å². The zero-order valence-electron chi connectivity index (χ0n) is 10.2. The molecule has 94 valence electrons. The Morgan fingerprint density at radius 1 is 1.35 bits per heavy atom. The molecule has 1 rings (SSSR count). The highest BCUT2D eigenvalue weighted by Crippen LogP contribution is 2.27. The fraction of sp³-hybridized carbons (Fsp3) is 0.417. The second-order valence-electron chi connectivity index (χ2n) is 3.63. The Bertz CT molecular complexity index is 392. The minimum absolute atomic E-state index is 0.466. The lowest BCUT2D eigenvalue weighted by molar-refractivity contribution is -0.139. The van der Waals surface area contributed by atoms with Crippen molar-refractivity contribution in [1.82, 2.24) is 5.32 Å². The van der Waals surface area contributed by atoms with E-state index in [1.165, 1.54) is 0 Å². The van der Waals surface area contributed by atoms with Gasteiger partial charge in [0.15, 0.2) is 11.5 Å². The van der Waals surface area contributed by atoms with Crippen LogP contribution in [0.1, 0.15) is 12.5 Å². The van der Waals surface area contributed by atoms with E-state index in [4.69, 9.17) is 14.6 Å². The third kappa shape index (κ3) is 3.64. The van der Waals surface area contributed by atoms with Crippen LogP contribution in [-0.2, 0) is 11.3 Å². The highest BCUT2D eigenvalue weighted by molar-refractivity contribution is 5.72. The summed E-state index contributed by atoms with van der Waals surface area (Å²) in [6.07, 6.45) is 0. The monoisotopic (exact) mass is 239 g/mol. The number of aliphatic carboxylic acids is 1. The predicted octanol–water partition coefficient (Wildman–Crippen LogP) is 1.27. The van der Waals surface area contributed by atoms with Crippen molar-refractivity contribution < 1.29 is 19.4 Å². The summed E-state index contributed by atoms with van der Waals surface area (Å²) < 4.78 is 10.3. The standard InChI is InChI=1S/C12H17NO4/c1-8(12(14)15)13-7-9-4-5-10(16-2)11(6-9)17-3/h4-6,8,13H,7H2,1-3H3,(H,14,15)/t8-/m1/s1. The zero-order valence-corrected chi connectivity index (χ0v) is 10.2. The van der Waals surface area contributed by atoms with Gasteiger partial charge in [-0.05, 0) is 24.6 Å². The molecule has 17 heavy (non-hydrogen) atoms. The molecule has 0 saturated carbocycles. The number of hydrogen-bond acceptors (Lipinski definition) is 4. The Labute approximate surface area is 100 Å². The molecule has 0 saturated heterocycles. The third-order valence-electron chi connectivity index (χ3n) is 2.43. The zero-order chi connectivity index (χ0) is 12.8. The van der Waals surface area contributed by atoms with E-state index in [2.05, 4.69) is 5.32 Å². The fourth-order valence-electron chi connectivity index (χ4n) is 1.35. The minimum Gasteiger partial charge on any atom is -0.493 e. The van der Waals surface area contributed by atoms with Gasteiger partial charge in [-0.25, -0.2) is 0 Å². The quantitative estimate of drug-likeness (QED) is 0.782. The van der Waals surface area contributed by atoms with E-state index in [9.17, 15) is 4.79 Å². The summed E-state index contributed by atoms with van der Waals surface area (Å²) in [5.74, 6) is 0.419.